The Morgan fingerprint density at radius 1 is 1.14 bits per heavy atom. The SMILES string of the molecule is COc1cc(F)c(C(=O)Nc2ccc(OCCN)c(-c3ccnn3C)c2)c(F)c1.O=C(O)C(F)(F)F. The van der Waals surface area contributed by atoms with Crippen LogP contribution in [0.2, 0.25) is 0 Å². The van der Waals surface area contributed by atoms with Crippen LogP contribution in [0.15, 0.2) is 42.6 Å². The van der Waals surface area contributed by atoms with Crippen molar-refractivity contribution in [2.24, 2.45) is 12.8 Å². The minimum Gasteiger partial charge on any atom is -0.497 e. The zero-order valence-electron chi connectivity index (χ0n) is 18.9. The lowest BCUT2D eigenvalue weighted by atomic mass is 10.1. The molecule has 0 aliphatic rings. The van der Waals surface area contributed by atoms with Crippen LogP contribution in [0.3, 0.4) is 0 Å². The fourth-order valence-corrected chi connectivity index (χ4v) is 2.82. The summed E-state index contributed by atoms with van der Waals surface area (Å²) >= 11 is 0. The highest BCUT2D eigenvalue weighted by atomic mass is 19.4. The average Bonchev–Trinajstić information content (AvgIpc) is 3.23. The first-order valence-corrected chi connectivity index (χ1v) is 9.98. The third-order valence-corrected chi connectivity index (χ3v) is 4.43. The minimum absolute atomic E-state index is 0.0172. The second kappa shape index (κ2) is 12.0. The molecule has 0 radical (unpaired) electrons. The van der Waals surface area contributed by atoms with Gasteiger partial charge in [0.2, 0.25) is 0 Å². The van der Waals surface area contributed by atoms with Gasteiger partial charge in [0.1, 0.15) is 35.3 Å². The number of nitrogens with one attached hydrogen (secondary N) is 1. The van der Waals surface area contributed by atoms with E-state index in [1.807, 2.05) is 0 Å². The summed E-state index contributed by atoms with van der Waals surface area (Å²) in [5.41, 5.74) is 6.52. The molecule has 0 unspecified atom stereocenters. The van der Waals surface area contributed by atoms with Crippen molar-refractivity contribution in [2.45, 2.75) is 6.18 Å². The van der Waals surface area contributed by atoms with Crippen LogP contribution in [0.1, 0.15) is 10.4 Å². The second-order valence-electron chi connectivity index (χ2n) is 6.91. The van der Waals surface area contributed by atoms with Gasteiger partial charge in [0.15, 0.2) is 0 Å². The number of anilines is 1. The molecule has 0 saturated carbocycles. The fraction of sp³-hybridized carbons (Fsp3) is 0.227. The number of aryl methyl sites for hydroxylation is 1. The summed E-state index contributed by atoms with van der Waals surface area (Å²) in [4.78, 5) is 21.4. The Kier molecular flexibility index (Phi) is 9.32. The zero-order chi connectivity index (χ0) is 27.0. The molecule has 1 aromatic heterocycles. The first kappa shape index (κ1) is 28.0. The number of carboxylic acids is 1. The molecule has 36 heavy (non-hydrogen) atoms. The molecule has 0 spiro atoms. The van der Waals surface area contributed by atoms with Gasteiger partial charge in [0.05, 0.1) is 12.8 Å². The first-order valence-electron chi connectivity index (χ1n) is 9.98. The molecule has 0 fully saturated rings. The van der Waals surface area contributed by atoms with Crippen molar-refractivity contribution in [2.75, 3.05) is 25.6 Å². The molecule has 4 N–H and O–H groups in total. The van der Waals surface area contributed by atoms with Gasteiger partial charge in [-0.25, -0.2) is 13.6 Å². The smallest absolute Gasteiger partial charge is 0.490 e. The largest absolute Gasteiger partial charge is 0.497 e. The number of hydrogen-bond donors (Lipinski definition) is 3. The number of rotatable bonds is 7. The molecular formula is C22H21F5N4O5. The van der Waals surface area contributed by atoms with Crippen LogP contribution >= 0.6 is 0 Å². The van der Waals surface area contributed by atoms with Crippen LogP contribution in [0.25, 0.3) is 11.3 Å². The summed E-state index contributed by atoms with van der Waals surface area (Å²) in [6.07, 6.45) is -3.46. The lowest BCUT2D eigenvalue weighted by Crippen LogP contribution is -2.21. The van der Waals surface area contributed by atoms with E-state index in [2.05, 4.69) is 10.4 Å². The molecule has 0 atom stereocenters. The Hall–Kier alpha value is -4.20. The number of alkyl halides is 3. The number of methoxy groups -OCH3 is 1. The van der Waals surface area contributed by atoms with Crippen LogP contribution < -0.4 is 20.5 Å². The van der Waals surface area contributed by atoms with Crippen molar-refractivity contribution in [3.8, 4) is 22.8 Å². The Bertz CT molecular complexity index is 1210. The number of aromatic nitrogens is 2. The molecule has 14 heteroatoms. The van der Waals surface area contributed by atoms with E-state index < -0.39 is 35.3 Å². The number of carbonyl (C=O) groups excluding carboxylic acids is 1. The van der Waals surface area contributed by atoms with Crippen molar-refractivity contribution in [3.63, 3.8) is 0 Å². The molecule has 1 amide bonds. The van der Waals surface area contributed by atoms with Crippen LogP contribution in [-0.2, 0) is 11.8 Å². The summed E-state index contributed by atoms with van der Waals surface area (Å²) < 4.78 is 72.2. The molecule has 9 nitrogen and oxygen atoms in total. The van der Waals surface area contributed by atoms with Crippen LogP contribution in [0, 0.1) is 11.6 Å². The van der Waals surface area contributed by atoms with E-state index in [-0.39, 0.29) is 5.75 Å². The first-order chi connectivity index (χ1) is 16.9. The lowest BCUT2D eigenvalue weighted by molar-refractivity contribution is -0.192. The van der Waals surface area contributed by atoms with E-state index in [1.54, 1.807) is 42.2 Å². The molecule has 0 aliphatic carbocycles. The lowest BCUT2D eigenvalue weighted by Gasteiger charge is -2.14. The van der Waals surface area contributed by atoms with E-state index >= 15 is 0 Å². The molecule has 0 saturated heterocycles. The Balaban J connectivity index is 0.000000572. The fourth-order valence-electron chi connectivity index (χ4n) is 2.82. The number of aliphatic carboxylic acids is 1. The number of hydrogen-bond acceptors (Lipinski definition) is 6. The Labute approximate surface area is 201 Å². The maximum atomic E-state index is 14.2. The number of amides is 1. The maximum absolute atomic E-state index is 14.2. The van der Waals surface area contributed by atoms with Gasteiger partial charge >= 0.3 is 12.1 Å². The average molecular weight is 516 g/mol. The van der Waals surface area contributed by atoms with Gasteiger partial charge in [-0.15, -0.1) is 0 Å². The predicted molar refractivity (Wildman–Crippen MR) is 118 cm³/mol. The van der Waals surface area contributed by atoms with E-state index in [9.17, 15) is 26.7 Å². The van der Waals surface area contributed by atoms with E-state index in [4.69, 9.17) is 25.1 Å². The van der Waals surface area contributed by atoms with Crippen molar-refractivity contribution in [1.82, 2.24) is 9.78 Å². The third-order valence-electron chi connectivity index (χ3n) is 4.43. The second-order valence-corrected chi connectivity index (χ2v) is 6.91. The number of benzene rings is 2. The van der Waals surface area contributed by atoms with Crippen molar-refractivity contribution >= 4 is 17.6 Å². The molecule has 194 valence electrons. The highest BCUT2D eigenvalue weighted by Gasteiger charge is 2.38. The van der Waals surface area contributed by atoms with Gasteiger partial charge < -0.3 is 25.6 Å². The number of carboxylic acid groups (broad SMARTS) is 1. The summed E-state index contributed by atoms with van der Waals surface area (Å²) in [6.45, 7) is 0.637. The number of halogens is 5. The third kappa shape index (κ3) is 7.15. The predicted octanol–water partition coefficient (Wildman–Crippen LogP) is 3.60. The minimum atomic E-state index is -5.08. The van der Waals surface area contributed by atoms with E-state index in [0.717, 1.165) is 17.8 Å². The molecule has 0 aliphatic heterocycles. The van der Waals surface area contributed by atoms with Gasteiger partial charge in [-0.1, -0.05) is 0 Å². The Morgan fingerprint density at radius 2 is 1.75 bits per heavy atom. The number of nitrogens with two attached hydrogens (primary N) is 1. The highest BCUT2D eigenvalue weighted by molar-refractivity contribution is 6.05. The molecule has 3 aromatic rings. The number of carbonyl (C=O) groups is 2. The van der Waals surface area contributed by atoms with Gasteiger partial charge in [-0.05, 0) is 24.3 Å². The van der Waals surface area contributed by atoms with E-state index in [1.165, 1.54) is 7.11 Å². The van der Waals surface area contributed by atoms with Crippen molar-refractivity contribution < 1.29 is 46.1 Å². The molecule has 3 rings (SSSR count). The summed E-state index contributed by atoms with van der Waals surface area (Å²) in [7, 11) is 3.04. The van der Waals surface area contributed by atoms with Gasteiger partial charge in [-0.3, -0.25) is 9.48 Å². The van der Waals surface area contributed by atoms with Gasteiger partial charge in [0, 0.05) is 43.2 Å². The maximum Gasteiger partial charge on any atom is 0.490 e. The zero-order valence-corrected chi connectivity index (χ0v) is 18.9. The quantitative estimate of drug-likeness (QED) is 0.410. The normalized spacial score (nSPS) is 10.8. The molecule has 1 heterocycles. The summed E-state index contributed by atoms with van der Waals surface area (Å²) in [5, 5.41) is 13.8. The van der Waals surface area contributed by atoms with Crippen molar-refractivity contribution in [1.29, 1.82) is 0 Å². The standard InChI is InChI=1S/C20H20F2N4O3.C2HF3O2/c1-26-17(5-7-24-26)14-9-12(3-4-18(14)29-8-6-23)25-20(27)19-15(21)10-13(28-2)11-16(19)22;3-2(4,5)1(6)7/h3-5,7,9-11H,6,8,23H2,1-2H3,(H,25,27);(H,6,7). The van der Waals surface area contributed by atoms with Gasteiger partial charge in [0.25, 0.3) is 5.91 Å². The number of ether oxygens (including phenoxy) is 2. The number of nitrogens with zero attached hydrogens (tertiary/aromatic N) is 2. The van der Waals surface area contributed by atoms with Crippen LogP contribution in [-0.4, -0.2) is 53.2 Å². The molecule has 2 aromatic carbocycles. The van der Waals surface area contributed by atoms with Crippen molar-refractivity contribution in [3.05, 3.63) is 59.8 Å². The monoisotopic (exact) mass is 516 g/mol. The molecular weight excluding hydrogens is 495 g/mol. The van der Waals surface area contributed by atoms with E-state index in [0.29, 0.717) is 30.2 Å². The highest BCUT2D eigenvalue weighted by Crippen LogP contribution is 2.33. The topological polar surface area (TPSA) is 129 Å². The van der Waals surface area contributed by atoms with Gasteiger partial charge in [-0.2, -0.15) is 18.3 Å². The Morgan fingerprint density at radius 3 is 2.22 bits per heavy atom. The summed E-state index contributed by atoms with van der Waals surface area (Å²) in [6, 6.07) is 8.53. The molecule has 0 bridgehead atoms. The van der Waals surface area contributed by atoms with Crippen LogP contribution in [0.5, 0.6) is 11.5 Å². The summed E-state index contributed by atoms with van der Waals surface area (Å²) in [5.74, 6) is -5.19. The van der Waals surface area contributed by atoms with Crippen LogP contribution in [0.4, 0.5) is 27.6 Å².